The Labute approximate surface area is 154 Å². The van der Waals surface area contributed by atoms with Crippen LogP contribution in [0.5, 0.6) is 0 Å². The summed E-state index contributed by atoms with van der Waals surface area (Å²) >= 11 is 11.7. The molecule has 2 heterocycles. The van der Waals surface area contributed by atoms with Gasteiger partial charge in [0.2, 0.25) is 0 Å². The predicted octanol–water partition coefficient (Wildman–Crippen LogP) is 3.13. The molecule has 1 aromatic carbocycles. The molecule has 0 bridgehead atoms. The molecule has 1 aliphatic heterocycles. The highest BCUT2D eigenvalue weighted by Crippen LogP contribution is 2.18. The van der Waals surface area contributed by atoms with Gasteiger partial charge >= 0.3 is 0 Å². The monoisotopic (exact) mass is 381 g/mol. The lowest BCUT2D eigenvalue weighted by Crippen LogP contribution is -2.50. The van der Waals surface area contributed by atoms with E-state index in [1.165, 1.54) is 36.4 Å². The molecule has 8 heteroatoms. The molecule has 1 aliphatic rings. The molecule has 130 valence electrons. The first-order chi connectivity index (χ1) is 11.9. The summed E-state index contributed by atoms with van der Waals surface area (Å²) in [5, 5.41) is 0.307. The molecule has 1 aromatic heterocycles. The van der Waals surface area contributed by atoms with Crippen LogP contribution >= 0.6 is 23.2 Å². The summed E-state index contributed by atoms with van der Waals surface area (Å²) in [5.74, 6) is -0.774. The number of aromatic nitrogens is 1. The Morgan fingerprint density at radius 1 is 0.840 bits per heavy atom. The molecule has 0 aliphatic carbocycles. The van der Waals surface area contributed by atoms with E-state index in [2.05, 4.69) is 4.98 Å². The fourth-order valence-electron chi connectivity index (χ4n) is 2.66. The Balaban J connectivity index is 1.64. The minimum Gasteiger partial charge on any atom is -0.335 e. The van der Waals surface area contributed by atoms with Gasteiger partial charge in [0.1, 0.15) is 16.1 Å². The van der Waals surface area contributed by atoms with Crippen molar-refractivity contribution in [2.24, 2.45) is 0 Å². The summed E-state index contributed by atoms with van der Waals surface area (Å²) in [5.41, 5.74) is 0.789. The van der Waals surface area contributed by atoms with Gasteiger partial charge in [-0.1, -0.05) is 23.2 Å². The molecule has 2 aromatic rings. The summed E-state index contributed by atoms with van der Waals surface area (Å²) in [7, 11) is 0. The van der Waals surface area contributed by atoms with Crippen molar-refractivity contribution in [1.82, 2.24) is 14.8 Å². The van der Waals surface area contributed by atoms with Crippen molar-refractivity contribution in [1.29, 1.82) is 0 Å². The van der Waals surface area contributed by atoms with Crippen LogP contribution < -0.4 is 0 Å². The van der Waals surface area contributed by atoms with Crippen molar-refractivity contribution in [3.63, 3.8) is 0 Å². The number of rotatable bonds is 2. The van der Waals surface area contributed by atoms with Crippen LogP contribution in [0.1, 0.15) is 20.7 Å². The first-order valence-corrected chi connectivity index (χ1v) is 8.37. The Bertz CT molecular complexity index is 786. The van der Waals surface area contributed by atoms with E-state index >= 15 is 0 Å². The Kier molecular flexibility index (Phi) is 5.20. The maximum atomic E-state index is 13.0. The molecule has 3 rings (SSSR count). The van der Waals surface area contributed by atoms with E-state index in [1.807, 2.05) is 0 Å². The molecule has 0 spiro atoms. The standard InChI is InChI=1S/C17H14Cl2FN3O2/c18-14-9-12(10-15(19)21-14)17(25)23-7-5-22(6-8-23)16(24)11-1-3-13(20)4-2-11/h1-4,9-10H,5-8H2. The summed E-state index contributed by atoms with van der Waals surface area (Å²) in [6, 6.07) is 8.35. The number of carbonyl (C=O) groups is 2. The van der Waals surface area contributed by atoms with E-state index < -0.39 is 0 Å². The summed E-state index contributed by atoms with van der Waals surface area (Å²) in [4.78, 5) is 32.0. The van der Waals surface area contributed by atoms with Crippen LogP contribution in [-0.4, -0.2) is 52.8 Å². The minimum atomic E-state index is -0.387. The SMILES string of the molecule is O=C(c1ccc(F)cc1)N1CCN(C(=O)c2cc(Cl)nc(Cl)c2)CC1. The number of carbonyl (C=O) groups excluding carboxylic acids is 2. The quantitative estimate of drug-likeness (QED) is 0.750. The zero-order valence-electron chi connectivity index (χ0n) is 13.1. The van der Waals surface area contributed by atoms with Gasteiger partial charge in [0.05, 0.1) is 0 Å². The third-order valence-corrected chi connectivity index (χ3v) is 4.34. The maximum Gasteiger partial charge on any atom is 0.254 e. The lowest BCUT2D eigenvalue weighted by molar-refractivity contribution is 0.0535. The van der Waals surface area contributed by atoms with Gasteiger partial charge in [-0.05, 0) is 36.4 Å². The highest BCUT2D eigenvalue weighted by atomic mass is 35.5. The average Bonchev–Trinajstić information content (AvgIpc) is 2.60. The second kappa shape index (κ2) is 7.37. The zero-order chi connectivity index (χ0) is 18.0. The number of hydrogen-bond acceptors (Lipinski definition) is 3. The van der Waals surface area contributed by atoms with Crippen LogP contribution in [0.3, 0.4) is 0 Å². The van der Waals surface area contributed by atoms with E-state index in [4.69, 9.17) is 23.2 Å². The van der Waals surface area contributed by atoms with Gasteiger partial charge in [0.25, 0.3) is 11.8 Å². The second-order valence-corrected chi connectivity index (χ2v) is 6.37. The number of benzene rings is 1. The molecule has 0 radical (unpaired) electrons. The third kappa shape index (κ3) is 4.08. The lowest BCUT2D eigenvalue weighted by Gasteiger charge is -2.34. The number of pyridine rings is 1. The molecule has 2 amide bonds. The Morgan fingerprint density at radius 3 is 1.76 bits per heavy atom. The van der Waals surface area contributed by atoms with Gasteiger partial charge < -0.3 is 9.80 Å². The fraction of sp³-hybridized carbons (Fsp3) is 0.235. The first-order valence-electron chi connectivity index (χ1n) is 7.61. The third-order valence-electron chi connectivity index (χ3n) is 3.96. The van der Waals surface area contributed by atoms with E-state index in [1.54, 1.807) is 9.80 Å². The molecule has 1 saturated heterocycles. The van der Waals surface area contributed by atoms with Gasteiger partial charge in [-0.25, -0.2) is 9.37 Å². The molecule has 25 heavy (non-hydrogen) atoms. The van der Waals surface area contributed by atoms with Crippen LogP contribution in [0, 0.1) is 5.82 Å². The predicted molar refractivity (Wildman–Crippen MR) is 92.5 cm³/mol. The highest BCUT2D eigenvalue weighted by Gasteiger charge is 2.26. The van der Waals surface area contributed by atoms with Gasteiger partial charge in [-0.15, -0.1) is 0 Å². The van der Waals surface area contributed by atoms with Gasteiger partial charge in [0.15, 0.2) is 0 Å². The van der Waals surface area contributed by atoms with Crippen molar-refractivity contribution < 1.29 is 14.0 Å². The molecular weight excluding hydrogens is 368 g/mol. The maximum absolute atomic E-state index is 13.0. The van der Waals surface area contributed by atoms with Crippen LogP contribution in [0.25, 0.3) is 0 Å². The smallest absolute Gasteiger partial charge is 0.254 e. The molecule has 1 fully saturated rings. The second-order valence-electron chi connectivity index (χ2n) is 5.59. The molecule has 0 unspecified atom stereocenters. The van der Waals surface area contributed by atoms with Crippen molar-refractivity contribution in [2.45, 2.75) is 0 Å². The van der Waals surface area contributed by atoms with Gasteiger partial charge in [-0.3, -0.25) is 9.59 Å². The summed E-state index contributed by atoms with van der Waals surface area (Å²) in [6.07, 6.45) is 0. The normalized spacial score (nSPS) is 14.5. The fourth-order valence-corrected chi connectivity index (χ4v) is 3.12. The Hall–Kier alpha value is -2.18. The molecule has 0 atom stereocenters. The number of hydrogen-bond donors (Lipinski definition) is 0. The van der Waals surface area contributed by atoms with Crippen molar-refractivity contribution in [3.05, 3.63) is 63.6 Å². The topological polar surface area (TPSA) is 53.5 Å². The molecular formula is C17H14Cl2FN3O2. The van der Waals surface area contributed by atoms with E-state index in [9.17, 15) is 14.0 Å². The van der Waals surface area contributed by atoms with Crippen molar-refractivity contribution in [2.75, 3.05) is 26.2 Å². The van der Waals surface area contributed by atoms with Crippen molar-refractivity contribution >= 4 is 35.0 Å². The van der Waals surface area contributed by atoms with E-state index in [0.29, 0.717) is 37.3 Å². The van der Waals surface area contributed by atoms with Crippen LogP contribution in [-0.2, 0) is 0 Å². The van der Waals surface area contributed by atoms with Gasteiger partial charge in [0, 0.05) is 37.3 Å². The molecule has 0 N–H and O–H groups in total. The van der Waals surface area contributed by atoms with E-state index in [-0.39, 0.29) is 27.9 Å². The number of piperazine rings is 1. The zero-order valence-corrected chi connectivity index (χ0v) is 14.6. The molecule has 5 nitrogen and oxygen atoms in total. The number of amides is 2. The van der Waals surface area contributed by atoms with Crippen LogP contribution in [0.4, 0.5) is 4.39 Å². The average molecular weight is 382 g/mol. The van der Waals surface area contributed by atoms with Crippen LogP contribution in [0.2, 0.25) is 10.3 Å². The highest BCUT2D eigenvalue weighted by molar-refractivity contribution is 6.33. The number of halogens is 3. The largest absolute Gasteiger partial charge is 0.335 e. The van der Waals surface area contributed by atoms with Crippen molar-refractivity contribution in [3.8, 4) is 0 Å². The Morgan fingerprint density at radius 2 is 1.28 bits per heavy atom. The lowest BCUT2D eigenvalue weighted by atomic mass is 10.1. The summed E-state index contributed by atoms with van der Waals surface area (Å²) < 4.78 is 13.0. The first kappa shape index (κ1) is 17.6. The van der Waals surface area contributed by atoms with Crippen LogP contribution in [0.15, 0.2) is 36.4 Å². The van der Waals surface area contributed by atoms with Gasteiger partial charge in [-0.2, -0.15) is 0 Å². The molecule has 0 saturated carbocycles. The van der Waals surface area contributed by atoms with E-state index in [0.717, 1.165) is 0 Å². The minimum absolute atomic E-state index is 0.154. The number of nitrogens with zero attached hydrogens (tertiary/aromatic N) is 3. The summed E-state index contributed by atoms with van der Waals surface area (Å²) in [6.45, 7) is 1.58.